The van der Waals surface area contributed by atoms with Crippen molar-refractivity contribution in [2.24, 2.45) is 5.41 Å². The average molecular weight is 215 g/mol. The van der Waals surface area contributed by atoms with Gasteiger partial charge in [0.15, 0.2) is 11.6 Å². The van der Waals surface area contributed by atoms with Gasteiger partial charge in [0.1, 0.15) is 0 Å². The lowest BCUT2D eigenvalue weighted by atomic mass is 10.2. The number of halogens is 2. The highest BCUT2D eigenvalue weighted by Gasteiger charge is 2.46. The Morgan fingerprint density at radius 2 is 2.29 bits per heavy atom. The predicted molar refractivity (Wildman–Crippen MR) is 55.0 cm³/mol. The largest absolute Gasteiger partial charge is 0.364 e. The molecule has 0 spiro atoms. The molecule has 0 bridgehead atoms. The van der Waals surface area contributed by atoms with Crippen molar-refractivity contribution < 1.29 is 4.39 Å². The molecule has 2 rings (SSSR count). The van der Waals surface area contributed by atoms with Crippen molar-refractivity contribution in [2.75, 3.05) is 5.32 Å². The topological polar surface area (TPSA) is 24.9 Å². The number of nitrogens with zero attached hydrogens (tertiary/aromatic N) is 1. The molecule has 76 valence electrons. The van der Waals surface area contributed by atoms with Gasteiger partial charge in [-0.1, -0.05) is 25.4 Å². The molecule has 0 aromatic carbocycles. The molecule has 4 heteroatoms. The first-order valence-electron chi connectivity index (χ1n) is 4.56. The van der Waals surface area contributed by atoms with Crippen LogP contribution < -0.4 is 5.32 Å². The Bertz CT molecular complexity index is 365. The Hall–Kier alpha value is -0.830. The van der Waals surface area contributed by atoms with E-state index >= 15 is 0 Å². The number of pyridine rings is 1. The van der Waals surface area contributed by atoms with Gasteiger partial charge in [-0.15, -0.1) is 0 Å². The Kier molecular flexibility index (Phi) is 2.14. The van der Waals surface area contributed by atoms with Gasteiger partial charge < -0.3 is 5.32 Å². The van der Waals surface area contributed by atoms with Crippen LogP contribution in [0.3, 0.4) is 0 Å². The van der Waals surface area contributed by atoms with Crippen molar-refractivity contribution in [3.05, 3.63) is 23.1 Å². The zero-order valence-corrected chi connectivity index (χ0v) is 8.90. The molecule has 0 amide bonds. The van der Waals surface area contributed by atoms with E-state index < -0.39 is 0 Å². The third-order valence-corrected chi connectivity index (χ3v) is 2.84. The molecular formula is C10H12ClFN2. The smallest absolute Gasteiger partial charge is 0.166 e. The van der Waals surface area contributed by atoms with Crippen LogP contribution in [-0.4, -0.2) is 11.0 Å². The Morgan fingerprint density at radius 3 is 2.79 bits per heavy atom. The van der Waals surface area contributed by atoms with Gasteiger partial charge in [0.2, 0.25) is 0 Å². The number of nitrogens with one attached hydrogen (secondary N) is 1. The second-order valence-electron chi connectivity index (χ2n) is 4.37. The number of aromatic nitrogens is 1. The Labute approximate surface area is 87.5 Å². The molecule has 1 aliphatic rings. The van der Waals surface area contributed by atoms with Crippen LogP contribution in [0.2, 0.25) is 5.02 Å². The van der Waals surface area contributed by atoms with Crippen molar-refractivity contribution in [3.63, 3.8) is 0 Å². The molecule has 1 unspecified atom stereocenters. The van der Waals surface area contributed by atoms with E-state index in [0.717, 1.165) is 6.42 Å². The number of anilines is 1. The summed E-state index contributed by atoms with van der Waals surface area (Å²) in [6.45, 7) is 4.27. The lowest BCUT2D eigenvalue weighted by Crippen LogP contribution is -2.10. The van der Waals surface area contributed by atoms with Crippen LogP contribution in [0.5, 0.6) is 0 Å². The molecular weight excluding hydrogens is 203 g/mol. The second kappa shape index (κ2) is 3.09. The summed E-state index contributed by atoms with van der Waals surface area (Å²) < 4.78 is 13.3. The zero-order chi connectivity index (χ0) is 10.3. The van der Waals surface area contributed by atoms with Crippen LogP contribution in [0, 0.1) is 11.2 Å². The highest BCUT2D eigenvalue weighted by atomic mass is 35.5. The molecule has 1 aromatic heterocycles. The third-order valence-electron chi connectivity index (χ3n) is 2.63. The van der Waals surface area contributed by atoms with Crippen LogP contribution in [-0.2, 0) is 0 Å². The summed E-state index contributed by atoms with van der Waals surface area (Å²) in [5.41, 5.74) is 0.258. The fraction of sp³-hybridized carbons (Fsp3) is 0.500. The molecule has 1 fully saturated rings. The molecule has 1 heterocycles. The number of rotatable bonds is 2. The molecule has 1 atom stereocenters. The average Bonchev–Trinajstić information content (AvgIpc) is 2.65. The van der Waals surface area contributed by atoms with E-state index in [1.54, 1.807) is 0 Å². The molecule has 2 nitrogen and oxygen atoms in total. The maximum atomic E-state index is 13.3. The van der Waals surface area contributed by atoms with Crippen molar-refractivity contribution in [1.29, 1.82) is 0 Å². The molecule has 1 aromatic rings. The van der Waals surface area contributed by atoms with Crippen molar-refractivity contribution in [2.45, 2.75) is 26.3 Å². The monoisotopic (exact) mass is 214 g/mol. The van der Waals surface area contributed by atoms with Gasteiger partial charge in [-0.2, -0.15) is 0 Å². The first-order valence-corrected chi connectivity index (χ1v) is 4.94. The van der Waals surface area contributed by atoms with Gasteiger partial charge in [-0.3, -0.25) is 0 Å². The summed E-state index contributed by atoms with van der Waals surface area (Å²) in [6.07, 6.45) is 2.50. The van der Waals surface area contributed by atoms with Gasteiger partial charge >= 0.3 is 0 Å². The molecule has 14 heavy (non-hydrogen) atoms. The molecule has 1 aliphatic carbocycles. The van der Waals surface area contributed by atoms with E-state index in [1.165, 1.54) is 12.3 Å². The highest BCUT2D eigenvalue weighted by Crippen LogP contribution is 2.46. The van der Waals surface area contributed by atoms with Crippen molar-refractivity contribution in [3.8, 4) is 0 Å². The standard InChI is InChI=1S/C10H12ClFN2/c1-10(2)4-8(10)14-9-7(12)3-6(11)5-13-9/h3,5,8H,4H2,1-2H3,(H,13,14). The van der Waals surface area contributed by atoms with Crippen molar-refractivity contribution in [1.82, 2.24) is 4.98 Å². The normalized spacial score (nSPS) is 23.3. The van der Waals surface area contributed by atoms with Gasteiger partial charge in [-0.05, 0) is 17.9 Å². The predicted octanol–water partition coefficient (Wildman–Crippen LogP) is 3.08. The maximum Gasteiger partial charge on any atom is 0.166 e. The van der Waals surface area contributed by atoms with Crippen LogP contribution >= 0.6 is 11.6 Å². The molecule has 1 saturated carbocycles. The van der Waals surface area contributed by atoms with E-state index in [-0.39, 0.29) is 11.2 Å². The van der Waals surface area contributed by atoms with E-state index in [9.17, 15) is 4.39 Å². The highest BCUT2D eigenvalue weighted by molar-refractivity contribution is 6.30. The minimum absolute atomic E-state index is 0.258. The van der Waals surface area contributed by atoms with Gasteiger partial charge in [0.05, 0.1) is 5.02 Å². The van der Waals surface area contributed by atoms with E-state index in [0.29, 0.717) is 16.9 Å². The molecule has 0 aliphatic heterocycles. The molecule has 1 N–H and O–H groups in total. The lowest BCUT2D eigenvalue weighted by Gasteiger charge is -2.07. The van der Waals surface area contributed by atoms with Crippen molar-refractivity contribution >= 4 is 17.4 Å². The molecule has 0 saturated heterocycles. The number of hydrogen-bond acceptors (Lipinski definition) is 2. The summed E-state index contributed by atoms with van der Waals surface area (Å²) in [6, 6.07) is 1.59. The lowest BCUT2D eigenvalue weighted by molar-refractivity contribution is 0.610. The maximum absolute atomic E-state index is 13.3. The SMILES string of the molecule is CC1(C)CC1Nc1ncc(Cl)cc1F. The Morgan fingerprint density at radius 1 is 1.64 bits per heavy atom. The van der Waals surface area contributed by atoms with Crippen LogP contribution in [0.25, 0.3) is 0 Å². The third kappa shape index (κ3) is 1.82. The van der Waals surface area contributed by atoms with Gasteiger partial charge in [-0.25, -0.2) is 9.37 Å². The van der Waals surface area contributed by atoms with E-state index in [1.807, 2.05) is 0 Å². The molecule has 0 radical (unpaired) electrons. The summed E-state index contributed by atoms with van der Waals surface area (Å²) >= 11 is 5.59. The fourth-order valence-corrected chi connectivity index (χ4v) is 1.54. The summed E-state index contributed by atoms with van der Waals surface area (Å²) in [7, 11) is 0. The fourth-order valence-electron chi connectivity index (χ4n) is 1.40. The summed E-state index contributed by atoms with van der Waals surface area (Å²) in [5.74, 6) is -0.0924. The number of hydrogen-bond donors (Lipinski definition) is 1. The first-order chi connectivity index (χ1) is 6.49. The van der Waals surface area contributed by atoms with Gasteiger partial charge in [0.25, 0.3) is 0 Å². The second-order valence-corrected chi connectivity index (χ2v) is 4.81. The zero-order valence-electron chi connectivity index (χ0n) is 8.14. The summed E-state index contributed by atoms with van der Waals surface area (Å²) in [5, 5.41) is 3.38. The Balaban J connectivity index is 2.11. The van der Waals surface area contributed by atoms with Gasteiger partial charge in [0, 0.05) is 12.2 Å². The summed E-state index contributed by atoms with van der Waals surface area (Å²) in [4.78, 5) is 3.91. The van der Waals surface area contributed by atoms with Crippen LogP contribution in [0.1, 0.15) is 20.3 Å². The minimum Gasteiger partial charge on any atom is -0.364 e. The quantitative estimate of drug-likeness (QED) is 0.819. The van der Waals surface area contributed by atoms with E-state index in [4.69, 9.17) is 11.6 Å². The van der Waals surface area contributed by atoms with E-state index in [2.05, 4.69) is 24.1 Å². The first kappa shape index (κ1) is 9.71. The van der Waals surface area contributed by atoms with Crippen LogP contribution in [0.15, 0.2) is 12.3 Å². The minimum atomic E-state index is -0.389. The van der Waals surface area contributed by atoms with Crippen LogP contribution in [0.4, 0.5) is 10.2 Å².